The zero-order valence-electron chi connectivity index (χ0n) is 13.9. The third-order valence-corrected chi connectivity index (χ3v) is 5.92. The molecular formula is C16H25N3O3S. The van der Waals surface area contributed by atoms with Crippen molar-refractivity contribution in [2.75, 3.05) is 32.1 Å². The quantitative estimate of drug-likeness (QED) is 0.871. The normalized spacial score (nSPS) is 20.1. The lowest BCUT2D eigenvalue weighted by Gasteiger charge is -2.35. The number of para-hydroxylation sites is 1. The van der Waals surface area contributed by atoms with E-state index in [9.17, 15) is 13.2 Å². The van der Waals surface area contributed by atoms with E-state index in [1.54, 1.807) is 14.1 Å². The topological polar surface area (TPSA) is 69.7 Å². The molecule has 2 rings (SSSR count). The van der Waals surface area contributed by atoms with Gasteiger partial charge in [0, 0.05) is 38.9 Å². The molecule has 0 saturated carbocycles. The average molecular weight is 339 g/mol. The van der Waals surface area contributed by atoms with Crippen molar-refractivity contribution in [1.82, 2.24) is 9.62 Å². The Morgan fingerprint density at radius 3 is 2.57 bits per heavy atom. The molecule has 0 radical (unpaired) electrons. The molecule has 1 aromatic rings. The summed E-state index contributed by atoms with van der Waals surface area (Å²) in [6, 6.07) is 9.78. The molecule has 1 aliphatic rings. The van der Waals surface area contributed by atoms with Crippen molar-refractivity contribution in [3.05, 3.63) is 30.3 Å². The molecular weight excluding hydrogens is 314 g/mol. The molecule has 1 aromatic carbocycles. The number of nitrogens with one attached hydrogen (secondary N) is 1. The van der Waals surface area contributed by atoms with Crippen molar-refractivity contribution >= 4 is 21.6 Å². The minimum Gasteiger partial charge on any atom is -0.370 e. The molecule has 0 spiro atoms. The van der Waals surface area contributed by atoms with Gasteiger partial charge in [-0.25, -0.2) is 13.1 Å². The first kappa shape index (κ1) is 17.7. The molecule has 23 heavy (non-hydrogen) atoms. The number of carbonyl (C=O) groups is 1. The molecule has 2 atom stereocenters. The van der Waals surface area contributed by atoms with E-state index in [0.29, 0.717) is 6.54 Å². The summed E-state index contributed by atoms with van der Waals surface area (Å²) in [7, 11) is -0.554. The Hall–Kier alpha value is -1.60. The molecule has 0 aliphatic carbocycles. The second-order valence-electron chi connectivity index (χ2n) is 6.16. The van der Waals surface area contributed by atoms with Crippen LogP contribution in [0.2, 0.25) is 0 Å². The Bertz CT molecular complexity index is 631. The van der Waals surface area contributed by atoms with Crippen molar-refractivity contribution in [3.8, 4) is 0 Å². The Morgan fingerprint density at radius 2 is 1.96 bits per heavy atom. The van der Waals surface area contributed by atoms with Crippen LogP contribution in [-0.2, 0) is 14.8 Å². The molecule has 1 fully saturated rings. The van der Waals surface area contributed by atoms with Crippen LogP contribution in [0.15, 0.2) is 30.3 Å². The summed E-state index contributed by atoms with van der Waals surface area (Å²) in [6.45, 7) is 2.96. The molecule has 7 heteroatoms. The summed E-state index contributed by atoms with van der Waals surface area (Å²) in [5, 5.41) is -1.08. The van der Waals surface area contributed by atoms with Gasteiger partial charge >= 0.3 is 0 Å². The highest BCUT2D eigenvalue weighted by molar-refractivity contribution is 7.90. The molecule has 0 bridgehead atoms. The Balaban J connectivity index is 2.03. The molecule has 0 aromatic heterocycles. The van der Waals surface area contributed by atoms with E-state index < -0.39 is 21.2 Å². The Kier molecular flexibility index (Phi) is 5.64. The highest BCUT2D eigenvalue weighted by atomic mass is 32.2. The number of hydrogen-bond acceptors (Lipinski definition) is 4. The number of carbonyl (C=O) groups excluding carboxylic acids is 1. The van der Waals surface area contributed by atoms with Crippen LogP contribution in [0.25, 0.3) is 0 Å². The zero-order chi connectivity index (χ0) is 17.0. The first-order chi connectivity index (χ1) is 10.8. The summed E-state index contributed by atoms with van der Waals surface area (Å²) in [5.41, 5.74) is 1.09. The number of nitrogens with zero attached hydrogens (tertiary/aromatic N) is 2. The third-order valence-electron chi connectivity index (χ3n) is 4.13. The number of benzene rings is 1. The number of anilines is 1. The Labute approximate surface area is 138 Å². The maximum Gasteiger partial charge on any atom is 0.241 e. The van der Waals surface area contributed by atoms with Gasteiger partial charge in [-0.15, -0.1) is 0 Å². The average Bonchev–Trinajstić information content (AvgIpc) is 2.54. The summed E-state index contributed by atoms with van der Waals surface area (Å²) >= 11 is 0. The SMILES string of the molecule is C[C@@H](C(=O)N(C)C)S(=O)(=O)N[C@H]1CCCN(c2ccccc2)C1. The van der Waals surface area contributed by atoms with Gasteiger partial charge in [0.15, 0.2) is 5.25 Å². The maximum absolute atomic E-state index is 12.4. The summed E-state index contributed by atoms with van der Waals surface area (Å²) in [5.74, 6) is -0.409. The van der Waals surface area contributed by atoms with Crippen LogP contribution in [0.3, 0.4) is 0 Å². The Morgan fingerprint density at radius 1 is 1.30 bits per heavy atom. The van der Waals surface area contributed by atoms with Crippen LogP contribution in [-0.4, -0.2) is 57.7 Å². The largest absolute Gasteiger partial charge is 0.370 e. The van der Waals surface area contributed by atoms with Gasteiger partial charge in [0.1, 0.15) is 0 Å². The van der Waals surface area contributed by atoms with Gasteiger partial charge in [-0.2, -0.15) is 0 Å². The minimum absolute atomic E-state index is 0.175. The number of piperidine rings is 1. The molecule has 0 unspecified atom stereocenters. The standard InChI is InChI=1S/C16H25N3O3S/c1-13(16(20)18(2)3)23(21,22)17-14-8-7-11-19(12-14)15-9-5-4-6-10-15/h4-6,9-10,13-14,17H,7-8,11-12H2,1-3H3/t13-,14-/m0/s1. The lowest BCUT2D eigenvalue weighted by molar-refractivity contribution is -0.127. The predicted octanol–water partition coefficient (Wildman–Crippen LogP) is 1.05. The monoisotopic (exact) mass is 339 g/mol. The maximum atomic E-state index is 12.4. The lowest BCUT2D eigenvalue weighted by atomic mass is 10.1. The number of rotatable bonds is 5. The van der Waals surface area contributed by atoms with Crippen LogP contribution >= 0.6 is 0 Å². The van der Waals surface area contributed by atoms with Gasteiger partial charge in [-0.05, 0) is 31.9 Å². The smallest absolute Gasteiger partial charge is 0.241 e. The first-order valence-electron chi connectivity index (χ1n) is 7.83. The summed E-state index contributed by atoms with van der Waals surface area (Å²) in [6.07, 6.45) is 1.70. The van der Waals surface area contributed by atoms with Crippen molar-refractivity contribution in [3.63, 3.8) is 0 Å². The highest BCUT2D eigenvalue weighted by Gasteiger charge is 2.32. The van der Waals surface area contributed by atoms with Crippen LogP contribution in [0.4, 0.5) is 5.69 Å². The molecule has 128 valence electrons. The second kappa shape index (κ2) is 7.31. The predicted molar refractivity (Wildman–Crippen MR) is 91.9 cm³/mol. The van der Waals surface area contributed by atoms with Gasteiger partial charge < -0.3 is 9.80 Å². The third kappa shape index (κ3) is 4.45. The van der Waals surface area contributed by atoms with Crippen molar-refractivity contribution in [2.24, 2.45) is 0 Å². The van der Waals surface area contributed by atoms with E-state index in [2.05, 4.69) is 9.62 Å². The van der Waals surface area contributed by atoms with E-state index >= 15 is 0 Å². The number of amides is 1. The number of sulfonamides is 1. The zero-order valence-corrected chi connectivity index (χ0v) is 14.7. The van der Waals surface area contributed by atoms with Gasteiger partial charge in [0.25, 0.3) is 0 Å². The van der Waals surface area contributed by atoms with E-state index in [0.717, 1.165) is 25.1 Å². The number of hydrogen-bond donors (Lipinski definition) is 1. The van der Waals surface area contributed by atoms with E-state index in [1.165, 1.54) is 11.8 Å². The lowest BCUT2D eigenvalue weighted by Crippen LogP contribution is -2.52. The van der Waals surface area contributed by atoms with Gasteiger partial charge in [0.2, 0.25) is 15.9 Å². The molecule has 1 heterocycles. The molecule has 6 nitrogen and oxygen atoms in total. The van der Waals surface area contributed by atoms with Crippen LogP contribution in [0, 0.1) is 0 Å². The molecule has 1 amide bonds. The summed E-state index contributed by atoms with van der Waals surface area (Å²) < 4.78 is 27.5. The van der Waals surface area contributed by atoms with Gasteiger partial charge in [0.05, 0.1) is 0 Å². The fraction of sp³-hybridized carbons (Fsp3) is 0.562. The van der Waals surface area contributed by atoms with Crippen LogP contribution in [0.1, 0.15) is 19.8 Å². The van der Waals surface area contributed by atoms with Crippen LogP contribution < -0.4 is 9.62 Å². The summed E-state index contributed by atoms with van der Waals surface area (Å²) in [4.78, 5) is 15.4. The van der Waals surface area contributed by atoms with Gasteiger partial charge in [-0.1, -0.05) is 18.2 Å². The fourth-order valence-electron chi connectivity index (χ4n) is 2.78. The second-order valence-corrected chi connectivity index (χ2v) is 8.19. The fourth-order valence-corrected chi connectivity index (χ4v) is 4.11. The first-order valence-corrected chi connectivity index (χ1v) is 9.38. The molecule has 1 N–H and O–H groups in total. The van der Waals surface area contributed by atoms with Crippen molar-refractivity contribution < 1.29 is 13.2 Å². The minimum atomic E-state index is -3.68. The van der Waals surface area contributed by atoms with Gasteiger partial charge in [-0.3, -0.25) is 4.79 Å². The van der Waals surface area contributed by atoms with Crippen molar-refractivity contribution in [1.29, 1.82) is 0 Å². The molecule has 1 saturated heterocycles. The van der Waals surface area contributed by atoms with E-state index in [-0.39, 0.29) is 6.04 Å². The van der Waals surface area contributed by atoms with E-state index in [1.807, 2.05) is 30.3 Å². The van der Waals surface area contributed by atoms with Crippen molar-refractivity contribution in [2.45, 2.75) is 31.1 Å². The molecule has 1 aliphatic heterocycles. The van der Waals surface area contributed by atoms with Crippen LogP contribution in [0.5, 0.6) is 0 Å². The van der Waals surface area contributed by atoms with E-state index in [4.69, 9.17) is 0 Å². The highest BCUT2D eigenvalue weighted by Crippen LogP contribution is 2.20.